The van der Waals surface area contributed by atoms with Gasteiger partial charge in [0.05, 0.1) is 16.0 Å². The van der Waals surface area contributed by atoms with Crippen LogP contribution in [0.3, 0.4) is 0 Å². The summed E-state index contributed by atoms with van der Waals surface area (Å²) >= 11 is 3.54. The van der Waals surface area contributed by atoms with Gasteiger partial charge in [0.1, 0.15) is 4.70 Å². The number of allylic oxidation sites excluding steroid dienone is 6. The third-order valence-corrected chi connectivity index (χ3v) is 10.9. The van der Waals surface area contributed by atoms with Crippen LogP contribution in [0.1, 0.15) is 52.0 Å². The maximum Gasteiger partial charge on any atom is 0.267 e. The number of hydrogen-bond donors (Lipinski definition) is 1. The second-order valence-corrected chi connectivity index (χ2v) is 15.3. The standard InChI is InChI=1S/C32H36N2O3S3/c1-5-33-26-12-6-8-14-28(26)39-31(33)20-25-19-24(21-32(3,4)22-25)11-10-16-30-34(18-17-23(2)40(35,36)37)27-13-7-9-15-29(27)38-30/h6-16,19-20,23H,5,17-18,21-22H2,1-4H3/p+1. The summed E-state index contributed by atoms with van der Waals surface area (Å²) < 4.78 is 35.9. The van der Waals surface area contributed by atoms with E-state index in [4.69, 9.17) is 0 Å². The van der Waals surface area contributed by atoms with Gasteiger partial charge in [0, 0.05) is 30.0 Å². The van der Waals surface area contributed by atoms with E-state index in [-0.39, 0.29) is 5.41 Å². The minimum atomic E-state index is -4.05. The Balaban J connectivity index is 1.41. The van der Waals surface area contributed by atoms with Crippen LogP contribution >= 0.6 is 23.1 Å². The Labute approximate surface area is 246 Å². The van der Waals surface area contributed by atoms with Crippen molar-refractivity contribution in [2.75, 3.05) is 11.4 Å². The highest BCUT2D eigenvalue weighted by atomic mass is 32.2. The molecule has 1 aromatic heterocycles. The SMILES string of the molecule is CCN1C(=CC2=CC(=CC=Cc3sc4ccccc4[n+]3CCC(C)S(=O)(=O)O)CC(C)(C)C2)Sc2ccccc21. The Hall–Kier alpha value is -2.65. The molecule has 1 unspecified atom stereocenters. The summed E-state index contributed by atoms with van der Waals surface area (Å²) in [5, 5.41) is 1.53. The zero-order valence-corrected chi connectivity index (χ0v) is 26.0. The molecule has 210 valence electrons. The molecule has 8 heteroatoms. The van der Waals surface area contributed by atoms with Crippen LogP contribution in [0.4, 0.5) is 5.69 Å². The van der Waals surface area contributed by atoms with Gasteiger partial charge in [0.25, 0.3) is 15.1 Å². The molecule has 5 rings (SSSR count). The van der Waals surface area contributed by atoms with Crippen LogP contribution in [-0.2, 0) is 16.7 Å². The van der Waals surface area contributed by atoms with E-state index in [9.17, 15) is 13.0 Å². The number of rotatable bonds is 8. The average Bonchev–Trinajstić information content (AvgIpc) is 3.42. The van der Waals surface area contributed by atoms with Crippen LogP contribution in [0.5, 0.6) is 0 Å². The van der Waals surface area contributed by atoms with E-state index in [1.807, 2.05) is 23.9 Å². The lowest BCUT2D eigenvalue weighted by Crippen LogP contribution is -2.37. The fourth-order valence-corrected chi connectivity index (χ4v) is 8.18. The summed E-state index contributed by atoms with van der Waals surface area (Å²) in [5.74, 6) is 0. The topological polar surface area (TPSA) is 61.5 Å². The van der Waals surface area contributed by atoms with Crippen LogP contribution in [0.25, 0.3) is 16.3 Å². The Morgan fingerprint density at radius 1 is 1.12 bits per heavy atom. The fourth-order valence-electron chi connectivity index (χ4n) is 5.47. The number of nitrogens with zero attached hydrogens (tertiary/aromatic N) is 2. The van der Waals surface area contributed by atoms with Crippen LogP contribution in [-0.4, -0.2) is 24.8 Å². The molecule has 0 saturated carbocycles. The van der Waals surface area contributed by atoms with Crippen molar-refractivity contribution in [2.45, 2.75) is 63.6 Å². The molecule has 40 heavy (non-hydrogen) atoms. The highest BCUT2D eigenvalue weighted by molar-refractivity contribution is 8.03. The number of thiazole rings is 1. The quantitative estimate of drug-likeness (QED) is 0.212. The number of hydrogen-bond acceptors (Lipinski definition) is 5. The Kier molecular flexibility index (Phi) is 8.43. The predicted octanol–water partition coefficient (Wildman–Crippen LogP) is 8.01. The van der Waals surface area contributed by atoms with Crippen molar-refractivity contribution in [3.05, 3.63) is 94.0 Å². The molecular weight excluding hydrogens is 557 g/mol. The van der Waals surface area contributed by atoms with Gasteiger partial charge in [0.15, 0.2) is 6.54 Å². The smallest absolute Gasteiger partial charge is 0.267 e. The lowest BCUT2D eigenvalue weighted by molar-refractivity contribution is -0.669. The van der Waals surface area contributed by atoms with Gasteiger partial charge in [-0.1, -0.05) is 79.4 Å². The molecule has 1 atom stereocenters. The van der Waals surface area contributed by atoms with Gasteiger partial charge in [-0.25, -0.2) is 0 Å². The average molecular weight is 594 g/mol. The molecule has 0 spiro atoms. The van der Waals surface area contributed by atoms with E-state index in [2.05, 4.69) is 97.0 Å². The first-order valence-electron chi connectivity index (χ1n) is 13.8. The van der Waals surface area contributed by atoms with E-state index in [1.165, 1.54) is 26.8 Å². The second kappa shape index (κ2) is 11.7. The number of para-hydroxylation sites is 2. The van der Waals surface area contributed by atoms with Crippen molar-refractivity contribution in [1.82, 2.24) is 0 Å². The van der Waals surface area contributed by atoms with Gasteiger partial charge in [-0.05, 0) is 67.5 Å². The molecule has 5 nitrogen and oxygen atoms in total. The van der Waals surface area contributed by atoms with E-state index < -0.39 is 15.4 Å². The lowest BCUT2D eigenvalue weighted by Gasteiger charge is -2.31. The van der Waals surface area contributed by atoms with E-state index in [0.29, 0.717) is 13.0 Å². The monoisotopic (exact) mass is 593 g/mol. The van der Waals surface area contributed by atoms with Crippen molar-refractivity contribution in [1.29, 1.82) is 0 Å². The molecule has 0 amide bonds. The third-order valence-electron chi connectivity index (χ3n) is 7.45. The summed E-state index contributed by atoms with van der Waals surface area (Å²) in [4.78, 5) is 3.71. The minimum absolute atomic E-state index is 0.164. The fraction of sp³-hybridized carbons (Fsp3) is 0.344. The lowest BCUT2D eigenvalue weighted by atomic mass is 9.75. The zero-order valence-electron chi connectivity index (χ0n) is 23.5. The van der Waals surface area contributed by atoms with Crippen LogP contribution < -0.4 is 9.47 Å². The first-order chi connectivity index (χ1) is 19.0. The van der Waals surface area contributed by atoms with Gasteiger partial charge >= 0.3 is 0 Å². The van der Waals surface area contributed by atoms with Crippen LogP contribution in [0.2, 0.25) is 0 Å². The molecule has 1 aliphatic heterocycles. The second-order valence-electron chi connectivity index (χ2n) is 11.3. The first-order valence-corrected chi connectivity index (χ1v) is 16.9. The Bertz CT molecular complexity index is 1640. The van der Waals surface area contributed by atoms with Gasteiger partial charge in [-0.15, -0.1) is 0 Å². The van der Waals surface area contributed by atoms with E-state index in [0.717, 1.165) is 34.6 Å². The summed E-state index contributed by atoms with van der Waals surface area (Å²) in [6, 6.07) is 16.8. The van der Waals surface area contributed by atoms with Crippen LogP contribution in [0.15, 0.2) is 93.9 Å². The summed E-state index contributed by atoms with van der Waals surface area (Å²) in [5.41, 5.74) is 5.18. The number of anilines is 1. The van der Waals surface area contributed by atoms with E-state index >= 15 is 0 Å². The molecule has 3 aromatic rings. The molecule has 0 bridgehead atoms. The zero-order chi connectivity index (χ0) is 28.5. The first kappa shape index (κ1) is 28.9. The number of aryl methyl sites for hydroxylation is 1. The maximum absolute atomic E-state index is 11.6. The molecular formula is C32H37N2O3S3+. The molecule has 0 saturated heterocycles. The van der Waals surface area contributed by atoms with Crippen molar-refractivity contribution in [3.63, 3.8) is 0 Å². The number of thioether (sulfide) groups is 1. The summed E-state index contributed by atoms with van der Waals surface area (Å²) in [7, 11) is -4.05. The largest absolute Gasteiger partial charge is 0.335 e. The van der Waals surface area contributed by atoms with Crippen molar-refractivity contribution in [2.24, 2.45) is 5.41 Å². The molecule has 0 fully saturated rings. The number of aromatic nitrogens is 1. The molecule has 2 heterocycles. The maximum atomic E-state index is 11.6. The Morgan fingerprint density at radius 3 is 2.65 bits per heavy atom. The molecule has 2 aromatic carbocycles. The highest BCUT2D eigenvalue weighted by Gasteiger charge is 2.28. The van der Waals surface area contributed by atoms with Gasteiger partial charge in [-0.3, -0.25) is 4.55 Å². The van der Waals surface area contributed by atoms with Crippen molar-refractivity contribution in [3.8, 4) is 0 Å². The van der Waals surface area contributed by atoms with E-state index in [1.54, 1.807) is 18.3 Å². The van der Waals surface area contributed by atoms with Gasteiger partial charge < -0.3 is 4.90 Å². The Morgan fingerprint density at radius 2 is 1.88 bits per heavy atom. The van der Waals surface area contributed by atoms with Crippen molar-refractivity contribution < 1.29 is 17.5 Å². The minimum Gasteiger partial charge on any atom is -0.335 e. The molecule has 1 N–H and O–H groups in total. The molecule has 0 radical (unpaired) electrons. The third kappa shape index (κ3) is 6.46. The van der Waals surface area contributed by atoms with Gasteiger partial charge in [0.2, 0.25) is 5.52 Å². The predicted molar refractivity (Wildman–Crippen MR) is 169 cm³/mol. The number of benzene rings is 2. The van der Waals surface area contributed by atoms with Crippen molar-refractivity contribution >= 4 is 55.2 Å². The summed E-state index contributed by atoms with van der Waals surface area (Å²) in [6.07, 6.45) is 13.5. The van der Waals surface area contributed by atoms with Gasteiger partial charge in [-0.2, -0.15) is 13.0 Å². The summed E-state index contributed by atoms with van der Waals surface area (Å²) in [6.45, 7) is 9.88. The normalized spacial score (nSPS) is 20.0. The molecule has 1 aliphatic carbocycles. The number of fused-ring (bicyclic) bond motifs is 2. The highest BCUT2D eigenvalue weighted by Crippen LogP contribution is 2.47. The molecule has 2 aliphatic rings. The van der Waals surface area contributed by atoms with Crippen LogP contribution in [0, 0.1) is 5.41 Å².